The molecule has 6 heteroatoms. The van der Waals surface area contributed by atoms with Crippen LogP contribution in [0.2, 0.25) is 0 Å². The van der Waals surface area contributed by atoms with E-state index in [1.54, 1.807) is 22.7 Å². The van der Waals surface area contributed by atoms with E-state index in [4.69, 9.17) is 0 Å². The van der Waals surface area contributed by atoms with Crippen molar-refractivity contribution in [3.63, 3.8) is 0 Å². The third-order valence-corrected chi connectivity index (χ3v) is 6.77. The van der Waals surface area contributed by atoms with Gasteiger partial charge in [-0.05, 0) is 56.5 Å². The van der Waals surface area contributed by atoms with Gasteiger partial charge in [0.05, 0.1) is 5.88 Å². The van der Waals surface area contributed by atoms with Crippen molar-refractivity contribution in [2.45, 2.75) is 32.7 Å². The maximum absolute atomic E-state index is 12.9. The number of carbonyl (C=O) groups excluding carboxylic acids is 2. The Hall–Kier alpha value is -2.47. The molecule has 2 aliphatic rings. The van der Waals surface area contributed by atoms with Crippen LogP contribution in [0.4, 0.5) is 0 Å². The second-order valence-corrected chi connectivity index (χ2v) is 8.69. The minimum absolute atomic E-state index is 0.0861. The molecule has 0 radical (unpaired) electrons. The zero-order chi connectivity index (χ0) is 20.4. The topological polar surface area (TPSA) is 45.6 Å². The van der Waals surface area contributed by atoms with Gasteiger partial charge < -0.3 is 14.4 Å². The van der Waals surface area contributed by atoms with Gasteiger partial charge in [0, 0.05) is 42.0 Å². The predicted molar refractivity (Wildman–Crippen MR) is 118 cm³/mol. The van der Waals surface area contributed by atoms with Crippen LogP contribution >= 0.6 is 11.8 Å². The molecule has 1 unspecified atom stereocenters. The zero-order valence-electron chi connectivity index (χ0n) is 17.0. The lowest BCUT2D eigenvalue weighted by molar-refractivity contribution is -0.140. The van der Waals surface area contributed by atoms with E-state index in [1.807, 2.05) is 29.2 Å². The number of aryl methyl sites for hydroxylation is 1. The number of hydrogen-bond donors (Lipinski definition) is 0. The largest absolute Gasteiger partial charge is 0.341 e. The van der Waals surface area contributed by atoms with Crippen LogP contribution in [0.5, 0.6) is 0 Å². The summed E-state index contributed by atoms with van der Waals surface area (Å²) in [5.74, 6) is 1.29. The molecule has 1 aromatic heterocycles. The maximum atomic E-state index is 12.9. The Kier molecular flexibility index (Phi) is 5.81. The summed E-state index contributed by atoms with van der Waals surface area (Å²) in [7, 11) is 0. The number of amides is 2. The molecular weight excluding hydrogens is 382 g/mol. The molecule has 29 heavy (non-hydrogen) atoms. The molecule has 2 amide bonds. The molecule has 1 aromatic carbocycles. The fourth-order valence-corrected chi connectivity index (χ4v) is 5.36. The first-order chi connectivity index (χ1) is 14.1. The lowest BCUT2D eigenvalue weighted by atomic mass is 10.2. The first-order valence-electron chi connectivity index (χ1n) is 10.2. The molecule has 0 N–H and O–H groups in total. The van der Waals surface area contributed by atoms with Gasteiger partial charge in [-0.25, -0.2) is 0 Å². The lowest BCUT2D eigenvalue weighted by Gasteiger charge is -2.26. The number of carbonyl (C=O) groups is 2. The summed E-state index contributed by atoms with van der Waals surface area (Å²) >= 11 is 1.65. The average molecular weight is 410 g/mol. The molecule has 5 nitrogen and oxygen atoms in total. The second kappa shape index (κ2) is 8.49. The normalized spacial score (nSPS) is 19.4. The molecule has 0 aliphatic carbocycles. The van der Waals surface area contributed by atoms with Gasteiger partial charge in [0.2, 0.25) is 11.8 Å². The highest BCUT2D eigenvalue weighted by molar-refractivity contribution is 7.99. The summed E-state index contributed by atoms with van der Waals surface area (Å²) in [5, 5.41) is 0. The summed E-state index contributed by atoms with van der Waals surface area (Å²) in [6.45, 7) is 5.78. The van der Waals surface area contributed by atoms with Crippen LogP contribution in [0.15, 0.2) is 42.5 Å². The summed E-state index contributed by atoms with van der Waals surface area (Å²) < 4.78 is 2.19. The number of likely N-dealkylation sites (tertiary alicyclic amines) is 1. The monoisotopic (exact) mass is 409 g/mol. The van der Waals surface area contributed by atoms with Crippen LogP contribution in [0.3, 0.4) is 0 Å². The van der Waals surface area contributed by atoms with Gasteiger partial charge in [0.25, 0.3) is 0 Å². The smallest absolute Gasteiger partial charge is 0.247 e. The Bertz CT molecular complexity index is 929. The van der Waals surface area contributed by atoms with Gasteiger partial charge in [-0.15, -0.1) is 11.8 Å². The fourth-order valence-electron chi connectivity index (χ4n) is 4.20. The quantitative estimate of drug-likeness (QED) is 0.725. The van der Waals surface area contributed by atoms with E-state index in [1.165, 1.54) is 0 Å². The van der Waals surface area contributed by atoms with Crippen molar-refractivity contribution in [1.82, 2.24) is 14.4 Å². The number of rotatable bonds is 4. The van der Waals surface area contributed by atoms with Crippen LogP contribution in [0.1, 0.15) is 29.8 Å². The number of thioether (sulfide) groups is 1. The SMILES string of the molecule is Cc1cc(/C=C/C(=O)N2CSCC2C(=O)N2CCCC2)c(C)n1-c1ccccc1. The number of nitrogens with zero attached hydrogens (tertiary/aromatic N) is 3. The molecule has 2 aliphatic heterocycles. The third-order valence-electron chi connectivity index (χ3n) is 5.76. The van der Waals surface area contributed by atoms with Crippen molar-refractivity contribution in [2.75, 3.05) is 24.7 Å². The Morgan fingerprint density at radius 2 is 1.83 bits per heavy atom. The van der Waals surface area contributed by atoms with Crippen LogP contribution < -0.4 is 0 Å². The average Bonchev–Trinajstić information content (AvgIpc) is 3.47. The molecule has 3 heterocycles. The first-order valence-corrected chi connectivity index (χ1v) is 11.3. The van der Waals surface area contributed by atoms with E-state index in [-0.39, 0.29) is 17.9 Å². The van der Waals surface area contributed by atoms with E-state index in [0.29, 0.717) is 11.6 Å². The summed E-state index contributed by atoms with van der Waals surface area (Å²) in [6, 6.07) is 12.0. The summed E-state index contributed by atoms with van der Waals surface area (Å²) in [4.78, 5) is 29.3. The molecule has 0 bridgehead atoms. The Morgan fingerprint density at radius 3 is 2.55 bits per heavy atom. The molecule has 2 saturated heterocycles. The Balaban J connectivity index is 1.50. The van der Waals surface area contributed by atoms with Crippen LogP contribution in [0.25, 0.3) is 11.8 Å². The minimum atomic E-state index is -0.327. The van der Waals surface area contributed by atoms with Crippen molar-refractivity contribution in [3.05, 3.63) is 59.4 Å². The van der Waals surface area contributed by atoms with Crippen LogP contribution in [-0.2, 0) is 9.59 Å². The third kappa shape index (κ3) is 3.99. The molecule has 2 fully saturated rings. The van der Waals surface area contributed by atoms with E-state index < -0.39 is 0 Å². The lowest BCUT2D eigenvalue weighted by Crippen LogP contribution is -2.47. The number of hydrogen-bond acceptors (Lipinski definition) is 3. The second-order valence-electron chi connectivity index (χ2n) is 7.69. The van der Waals surface area contributed by atoms with E-state index >= 15 is 0 Å². The van der Waals surface area contributed by atoms with Crippen LogP contribution in [-0.4, -0.2) is 56.9 Å². The molecule has 0 saturated carbocycles. The van der Waals surface area contributed by atoms with Gasteiger partial charge in [-0.1, -0.05) is 18.2 Å². The standard InChI is InChI=1S/C23H27N3O2S/c1-17-14-19(18(2)26(17)20-8-4-3-5-9-20)10-11-22(27)25-16-29-15-21(25)23(28)24-12-6-7-13-24/h3-5,8-11,14,21H,6-7,12-13,15-16H2,1-2H3/b11-10+. The molecule has 1 atom stereocenters. The highest BCUT2D eigenvalue weighted by atomic mass is 32.2. The molecule has 152 valence electrons. The van der Waals surface area contributed by atoms with Crippen molar-refractivity contribution in [2.24, 2.45) is 0 Å². The molecular formula is C23H27N3O2S. The van der Waals surface area contributed by atoms with Gasteiger partial charge in [0.15, 0.2) is 0 Å². The molecule has 0 spiro atoms. The number of para-hydroxylation sites is 1. The van der Waals surface area contributed by atoms with Gasteiger partial charge in [-0.2, -0.15) is 0 Å². The van der Waals surface area contributed by atoms with Gasteiger partial charge in [0.1, 0.15) is 6.04 Å². The van der Waals surface area contributed by atoms with Crippen molar-refractivity contribution in [1.29, 1.82) is 0 Å². The predicted octanol–water partition coefficient (Wildman–Crippen LogP) is 3.63. The van der Waals surface area contributed by atoms with Crippen molar-refractivity contribution >= 4 is 29.7 Å². The van der Waals surface area contributed by atoms with Gasteiger partial charge >= 0.3 is 0 Å². The number of benzene rings is 1. The zero-order valence-corrected chi connectivity index (χ0v) is 17.8. The van der Waals surface area contributed by atoms with E-state index in [9.17, 15) is 9.59 Å². The number of aromatic nitrogens is 1. The minimum Gasteiger partial charge on any atom is -0.341 e. The molecule has 2 aromatic rings. The van der Waals surface area contributed by atoms with Crippen LogP contribution in [0, 0.1) is 13.8 Å². The van der Waals surface area contributed by atoms with Crippen molar-refractivity contribution in [3.8, 4) is 5.69 Å². The molecule has 4 rings (SSSR count). The Morgan fingerprint density at radius 1 is 1.10 bits per heavy atom. The maximum Gasteiger partial charge on any atom is 0.247 e. The highest BCUT2D eigenvalue weighted by Crippen LogP contribution is 2.25. The summed E-state index contributed by atoms with van der Waals surface area (Å²) in [6.07, 6.45) is 5.63. The van der Waals surface area contributed by atoms with E-state index in [0.717, 1.165) is 48.6 Å². The summed E-state index contributed by atoms with van der Waals surface area (Å²) in [5.41, 5.74) is 4.35. The highest BCUT2D eigenvalue weighted by Gasteiger charge is 2.36. The fraction of sp³-hybridized carbons (Fsp3) is 0.391. The van der Waals surface area contributed by atoms with E-state index in [2.05, 4.69) is 36.6 Å². The van der Waals surface area contributed by atoms with Gasteiger partial charge in [-0.3, -0.25) is 9.59 Å². The van der Waals surface area contributed by atoms with Crippen molar-refractivity contribution < 1.29 is 9.59 Å². The Labute approximate surface area is 176 Å². The first kappa shape index (κ1) is 19.8.